The summed E-state index contributed by atoms with van der Waals surface area (Å²) in [5.74, 6) is 0.278. The zero-order valence-corrected chi connectivity index (χ0v) is 15.4. The van der Waals surface area contributed by atoms with Crippen LogP contribution in [0.2, 0.25) is 0 Å². The molecular formula is C17H34N2O2. The first-order chi connectivity index (χ1) is 9.38. The first-order valence-corrected chi connectivity index (χ1v) is 7.95. The molecule has 0 rings (SSSR count). The van der Waals surface area contributed by atoms with Crippen molar-refractivity contribution in [3.63, 3.8) is 0 Å². The molecule has 0 aliphatic carbocycles. The van der Waals surface area contributed by atoms with Crippen LogP contribution in [-0.4, -0.2) is 47.8 Å². The third kappa shape index (κ3) is 5.33. The van der Waals surface area contributed by atoms with E-state index in [0.29, 0.717) is 19.5 Å². The monoisotopic (exact) mass is 298 g/mol. The minimum absolute atomic E-state index is 0.0472. The number of carbonyl (C=O) groups excluding carboxylic acids is 2. The van der Waals surface area contributed by atoms with Gasteiger partial charge in [-0.15, -0.1) is 0 Å². The van der Waals surface area contributed by atoms with E-state index in [1.54, 1.807) is 4.90 Å². The third-order valence-corrected chi connectivity index (χ3v) is 3.98. The molecule has 4 nitrogen and oxygen atoms in total. The van der Waals surface area contributed by atoms with Gasteiger partial charge in [-0.1, -0.05) is 34.6 Å². The van der Waals surface area contributed by atoms with E-state index in [-0.39, 0.29) is 17.9 Å². The van der Waals surface area contributed by atoms with Gasteiger partial charge in [0.2, 0.25) is 11.8 Å². The molecule has 1 atom stereocenters. The number of hydrogen-bond donors (Lipinski definition) is 0. The van der Waals surface area contributed by atoms with Crippen molar-refractivity contribution < 1.29 is 9.59 Å². The molecule has 0 bridgehead atoms. The molecule has 0 radical (unpaired) electrons. The van der Waals surface area contributed by atoms with Crippen LogP contribution in [0, 0.1) is 10.8 Å². The lowest BCUT2D eigenvalue weighted by atomic mass is 9.83. The van der Waals surface area contributed by atoms with E-state index < -0.39 is 10.8 Å². The molecule has 0 spiro atoms. The fraction of sp³-hybridized carbons (Fsp3) is 0.882. The molecule has 4 heteroatoms. The van der Waals surface area contributed by atoms with Crippen LogP contribution in [-0.2, 0) is 9.59 Å². The number of carbonyl (C=O) groups is 2. The number of hydrogen-bond acceptors (Lipinski definition) is 2. The lowest BCUT2D eigenvalue weighted by Crippen LogP contribution is -2.48. The molecule has 0 heterocycles. The molecule has 124 valence electrons. The van der Waals surface area contributed by atoms with Crippen LogP contribution < -0.4 is 0 Å². The molecule has 0 saturated heterocycles. The minimum Gasteiger partial charge on any atom is -0.346 e. The normalized spacial score (nSPS) is 13.8. The molecule has 0 aromatic heterocycles. The highest BCUT2D eigenvalue weighted by atomic mass is 16.2. The van der Waals surface area contributed by atoms with E-state index in [1.807, 2.05) is 67.3 Å². The molecular weight excluding hydrogens is 264 g/mol. The fourth-order valence-electron chi connectivity index (χ4n) is 2.68. The van der Waals surface area contributed by atoms with Gasteiger partial charge in [-0.3, -0.25) is 9.59 Å². The van der Waals surface area contributed by atoms with Crippen LogP contribution in [0.25, 0.3) is 0 Å². The molecule has 0 aliphatic heterocycles. The summed E-state index contributed by atoms with van der Waals surface area (Å²) in [7, 11) is 1.83. The van der Waals surface area contributed by atoms with Crippen molar-refractivity contribution >= 4 is 11.8 Å². The Kier molecular flexibility index (Phi) is 6.91. The zero-order chi connectivity index (χ0) is 17.0. The van der Waals surface area contributed by atoms with Crippen LogP contribution in [0.5, 0.6) is 0 Å². The standard InChI is InChI=1S/C17H34N2O2/c1-10-18(9)15(21)17(7,8)12-13(3)19(11-2)14(20)16(4,5)6/h13H,10-12H2,1-9H3. The Balaban J connectivity index is 5.04. The summed E-state index contributed by atoms with van der Waals surface area (Å²) < 4.78 is 0. The first-order valence-electron chi connectivity index (χ1n) is 7.95. The van der Waals surface area contributed by atoms with Crippen molar-refractivity contribution in [2.75, 3.05) is 20.1 Å². The lowest BCUT2D eigenvalue weighted by Gasteiger charge is -2.38. The number of nitrogens with zero attached hydrogens (tertiary/aromatic N) is 2. The smallest absolute Gasteiger partial charge is 0.228 e. The Morgan fingerprint density at radius 2 is 1.43 bits per heavy atom. The van der Waals surface area contributed by atoms with Crippen molar-refractivity contribution in [2.45, 2.75) is 67.9 Å². The van der Waals surface area contributed by atoms with Crippen LogP contribution in [0.4, 0.5) is 0 Å². The van der Waals surface area contributed by atoms with Gasteiger partial charge in [0.25, 0.3) is 0 Å². The maximum atomic E-state index is 12.5. The van der Waals surface area contributed by atoms with Crippen LogP contribution in [0.3, 0.4) is 0 Å². The number of rotatable bonds is 6. The molecule has 0 saturated carbocycles. The maximum absolute atomic E-state index is 12.5. The van der Waals surface area contributed by atoms with Gasteiger partial charge in [0.15, 0.2) is 0 Å². The van der Waals surface area contributed by atoms with E-state index in [0.717, 1.165) is 0 Å². The van der Waals surface area contributed by atoms with E-state index in [1.165, 1.54) is 0 Å². The third-order valence-electron chi connectivity index (χ3n) is 3.98. The van der Waals surface area contributed by atoms with Gasteiger partial charge in [0, 0.05) is 37.0 Å². The summed E-state index contributed by atoms with van der Waals surface area (Å²) in [6, 6.07) is 0.0472. The molecule has 0 aromatic carbocycles. The summed E-state index contributed by atoms with van der Waals surface area (Å²) in [4.78, 5) is 28.6. The average molecular weight is 298 g/mol. The predicted octanol–water partition coefficient (Wildman–Crippen LogP) is 3.16. The molecule has 0 aromatic rings. The van der Waals surface area contributed by atoms with Gasteiger partial charge in [-0.25, -0.2) is 0 Å². The van der Waals surface area contributed by atoms with Gasteiger partial charge in [0.05, 0.1) is 0 Å². The predicted molar refractivity (Wildman–Crippen MR) is 88.0 cm³/mol. The Morgan fingerprint density at radius 3 is 1.76 bits per heavy atom. The van der Waals surface area contributed by atoms with Gasteiger partial charge in [-0.2, -0.15) is 0 Å². The molecule has 21 heavy (non-hydrogen) atoms. The minimum atomic E-state index is -0.463. The summed E-state index contributed by atoms with van der Waals surface area (Å²) in [6.45, 7) is 17.1. The summed E-state index contributed by atoms with van der Waals surface area (Å²) >= 11 is 0. The number of amides is 2. The second-order valence-corrected chi connectivity index (χ2v) is 7.60. The SMILES string of the molecule is CCN(C)C(=O)C(C)(C)CC(C)N(CC)C(=O)C(C)(C)C. The Hall–Kier alpha value is -1.06. The van der Waals surface area contributed by atoms with Gasteiger partial charge in [0.1, 0.15) is 0 Å². The van der Waals surface area contributed by atoms with E-state index in [9.17, 15) is 9.59 Å². The Morgan fingerprint density at radius 1 is 0.952 bits per heavy atom. The lowest BCUT2D eigenvalue weighted by molar-refractivity contribution is -0.145. The van der Waals surface area contributed by atoms with Crippen molar-refractivity contribution in [3.05, 3.63) is 0 Å². The van der Waals surface area contributed by atoms with Crippen molar-refractivity contribution in [3.8, 4) is 0 Å². The summed E-state index contributed by atoms with van der Waals surface area (Å²) in [6.07, 6.45) is 0.672. The van der Waals surface area contributed by atoms with Crippen molar-refractivity contribution in [2.24, 2.45) is 10.8 Å². The highest BCUT2D eigenvalue weighted by molar-refractivity contribution is 5.83. The van der Waals surface area contributed by atoms with E-state index >= 15 is 0 Å². The molecule has 1 unspecified atom stereocenters. The Labute approximate surface area is 130 Å². The topological polar surface area (TPSA) is 40.6 Å². The van der Waals surface area contributed by atoms with Crippen LogP contribution in [0.15, 0.2) is 0 Å². The molecule has 0 aliphatic rings. The largest absolute Gasteiger partial charge is 0.346 e. The summed E-state index contributed by atoms with van der Waals surface area (Å²) in [5, 5.41) is 0. The first kappa shape index (κ1) is 19.9. The Bertz CT molecular complexity index is 369. The van der Waals surface area contributed by atoms with Gasteiger partial charge < -0.3 is 9.80 Å². The van der Waals surface area contributed by atoms with Crippen LogP contribution >= 0.6 is 0 Å². The second-order valence-electron chi connectivity index (χ2n) is 7.60. The molecule has 0 fully saturated rings. The average Bonchev–Trinajstić information content (AvgIpc) is 2.35. The van der Waals surface area contributed by atoms with Crippen molar-refractivity contribution in [1.29, 1.82) is 0 Å². The van der Waals surface area contributed by atoms with Gasteiger partial charge in [-0.05, 0) is 27.2 Å². The van der Waals surface area contributed by atoms with E-state index in [4.69, 9.17) is 0 Å². The summed E-state index contributed by atoms with van der Waals surface area (Å²) in [5.41, 5.74) is -0.853. The molecule has 2 amide bonds. The van der Waals surface area contributed by atoms with Gasteiger partial charge >= 0.3 is 0 Å². The zero-order valence-electron chi connectivity index (χ0n) is 15.4. The highest BCUT2D eigenvalue weighted by Gasteiger charge is 2.36. The second kappa shape index (κ2) is 7.28. The maximum Gasteiger partial charge on any atom is 0.228 e. The fourth-order valence-corrected chi connectivity index (χ4v) is 2.68. The van der Waals surface area contributed by atoms with Crippen molar-refractivity contribution in [1.82, 2.24) is 9.80 Å². The van der Waals surface area contributed by atoms with E-state index in [2.05, 4.69) is 0 Å². The highest BCUT2D eigenvalue weighted by Crippen LogP contribution is 2.29. The quantitative estimate of drug-likeness (QED) is 0.755. The van der Waals surface area contributed by atoms with Crippen LogP contribution in [0.1, 0.15) is 61.8 Å². The molecule has 0 N–H and O–H groups in total.